The minimum absolute atomic E-state index is 0. The van der Waals surface area contributed by atoms with E-state index in [9.17, 15) is 10.2 Å². The van der Waals surface area contributed by atoms with Crippen LogP contribution in [0.2, 0.25) is 0 Å². The topological polar surface area (TPSA) is 372 Å². The highest BCUT2D eigenvalue weighted by molar-refractivity contribution is 5.87. The number of aromatic nitrogens is 14. The molecule has 14 aromatic heterocycles. The van der Waals surface area contributed by atoms with E-state index in [1.54, 1.807) is 0 Å². The van der Waals surface area contributed by atoms with Gasteiger partial charge < -0.3 is 159 Å². The summed E-state index contributed by atoms with van der Waals surface area (Å²) in [5.74, 6) is 6.43. The van der Waals surface area contributed by atoms with Gasteiger partial charge in [-0.1, -0.05) is 42.5 Å². The highest BCUT2D eigenvalue weighted by Crippen LogP contribution is 2.40. The molecule has 6 aliphatic heterocycles. The second-order valence-corrected chi connectivity index (χ2v) is 45.3. The maximum absolute atomic E-state index is 9.28. The van der Waals surface area contributed by atoms with Crippen molar-refractivity contribution in [2.75, 3.05) is 326 Å². The Morgan fingerprint density at radius 3 is 1.05 bits per heavy atom. The summed E-state index contributed by atoms with van der Waals surface area (Å²) in [6.07, 6.45) is 7.95. The predicted octanol–water partition coefficient (Wildman–Crippen LogP) is 13.5. The van der Waals surface area contributed by atoms with E-state index in [1.165, 1.54) is 71.3 Å². The van der Waals surface area contributed by atoms with Crippen LogP contribution in [0.1, 0.15) is 99.6 Å². The number of aryl methyl sites for hydroxylation is 12. The number of nitrogens with two attached hydrogens (primary N) is 7. The van der Waals surface area contributed by atoms with Gasteiger partial charge in [0.1, 0.15) is 65.0 Å². The number of piperazine rings is 2. The summed E-state index contributed by atoms with van der Waals surface area (Å²) in [4.78, 5) is 11.6. The largest absolute Gasteiger partial charge is 0.394 e. The maximum Gasteiger partial charge on any atom is 0.270 e. The first-order chi connectivity index (χ1) is 66.9. The fourth-order valence-corrected chi connectivity index (χ4v) is 20.4. The number of hydrogen-bond acceptors (Lipinski definition) is 22. The van der Waals surface area contributed by atoms with Crippen LogP contribution in [0.15, 0.2) is 97.2 Å². The molecule has 0 saturated carbocycles. The lowest BCUT2D eigenvalue weighted by molar-refractivity contribution is -0.912. The van der Waals surface area contributed by atoms with Crippen molar-refractivity contribution in [2.24, 2.45) is 0 Å². The molecule has 6 aliphatic rings. The second-order valence-electron chi connectivity index (χ2n) is 45.3. The molecule has 0 amide bonds. The average molecular weight is 2060 g/mol. The highest BCUT2D eigenvalue weighted by atomic mass is 16.3. The van der Waals surface area contributed by atoms with Gasteiger partial charge in [0.25, 0.3) is 5.82 Å². The van der Waals surface area contributed by atoms with Gasteiger partial charge in [0.15, 0.2) is 34.9 Å². The molecule has 2 atom stereocenters. The van der Waals surface area contributed by atoms with E-state index in [0.29, 0.717) is 12.1 Å². The molecule has 36 heteroatoms. The molecule has 17 N–H and O–H groups in total. The molecule has 6 fully saturated rings. The number of quaternary nitrogens is 7. The standard InChI is InChI=1S/C17H28N5O.C16H26N5O.C16H26N5.C15H24N5.C14H22N5.C14H24N5.C14H21N4.7CH3/c1-12-5-6-15-16(18)17(19-21(15)13(12)2)20-8-7-14(11-20)22(3,4)9-10-23;1-12-4-5-14-15(17)16(18-20(14)13(12)2)19-6-8-21(3,9-7-19)10-11-22;1-11-6-7-14-15(17)16(18-20(14)12(11)2)19-9-8-13(10-19)21(3,4)5;1-11-5-6-13-14(16)15(17-19(13)12(11)2)18-7-9-20(3,4)10-8-18;1-19(2)10-5-7-17(9-11-19)14-13(15)12-6-3-4-8-18(12)16-14;1-10-6-7-12-13(15)14(17-18(12)11(10)2)16-8-9-19(3,4)5;1-10-6-7-12-13(15)14(16-17(12)11(10)2)18(3)8-4-5-9-18;;;;;;;/h5-6,14,23H,7-11,18H2,1-4H3;4-5,22H,6-11,17H2,1-3H3;6-7,13H,8-10,17H2,1-5H3;5-6H,7-10,16H2,1-4H3;3-4,6,8H,5,7,9-11,15H2,1-2H3;6-7H,8-9,15H2,1-5H3,(H,16,17);6-7H,4-5,8-9,15H2,1-3H3;7*1H3/q7*+1;7*-1. The predicted molar refractivity (Wildman–Crippen MR) is 633 cm³/mol. The third kappa shape index (κ3) is 26.7. The number of nitrogens with zero attached hydrogens (tertiary/aromatic N) is 26. The van der Waals surface area contributed by atoms with Crippen LogP contribution in [-0.2, 0) is 0 Å². The van der Waals surface area contributed by atoms with Crippen molar-refractivity contribution >= 4 is 119 Å². The number of hydrogen-bond donors (Lipinski definition) is 10. The molecule has 6 saturated heterocycles. The Labute approximate surface area is 892 Å². The second kappa shape index (κ2) is 49.3. The molecule has 0 aromatic carbocycles. The van der Waals surface area contributed by atoms with Crippen LogP contribution < -0.4 is 74.4 Å². The molecular weight excluding hydrogens is 1870 g/mol. The summed E-state index contributed by atoms with van der Waals surface area (Å²) >= 11 is 0. The van der Waals surface area contributed by atoms with Gasteiger partial charge in [-0.05, 0) is 165 Å². The Morgan fingerprint density at radius 2 is 0.671 bits per heavy atom. The van der Waals surface area contributed by atoms with Crippen LogP contribution >= 0.6 is 0 Å². The molecule has 0 radical (unpaired) electrons. The lowest BCUT2D eigenvalue weighted by Gasteiger charge is -2.41. The van der Waals surface area contributed by atoms with Crippen molar-refractivity contribution in [2.45, 2.75) is 127 Å². The third-order valence-electron chi connectivity index (χ3n) is 31.8. The number of fused-ring (bicyclic) bond motifs is 7. The van der Waals surface area contributed by atoms with Crippen molar-refractivity contribution in [3.8, 4) is 0 Å². The van der Waals surface area contributed by atoms with E-state index in [0.717, 1.165) is 323 Å². The van der Waals surface area contributed by atoms with Gasteiger partial charge >= 0.3 is 0 Å². The zero-order chi connectivity index (χ0) is 103. The summed E-state index contributed by atoms with van der Waals surface area (Å²) in [5, 5.41) is 54.9. The molecule has 826 valence electrons. The van der Waals surface area contributed by atoms with Gasteiger partial charge in [0.05, 0.1) is 262 Å². The van der Waals surface area contributed by atoms with Crippen LogP contribution in [0.25, 0.3) is 38.6 Å². The number of anilines is 13. The first kappa shape index (κ1) is 124. The van der Waals surface area contributed by atoms with Crippen molar-refractivity contribution < 1.29 is 37.1 Å². The fraction of sp³-hybridized carbons (Fsp3) is 0.504. The summed E-state index contributed by atoms with van der Waals surface area (Å²) in [7, 11) is 31.2. The third-order valence-corrected chi connectivity index (χ3v) is 31.8. The Balaban J connectivity index is 0.000000234. The molecule has 2 unspecified atom stereocenters. The molecular formula is C113H192N34O2. The van der Waals surface area contributed by atoms with Crippen LogP contribution in [0, 0.1) is 135 Å². The highest BCUT2D eigenvalue weighted by Gasteiger charge is 2.41. The van der Waals surface area contributed by atoms with Crippen LogP contribution in [0.3, 0.4) is 0 Å². The monoisotopic (exact) mass is 2060 g/mol. The Morgan fingerprint density at radius 1 is 0.336 bits per heavy atom. The lowest BCUT2D eigenvalue weighted by Crippen LogP contribution is -2.58. The average Bonchev–Trinajstić information content (AvgIpc) is 1.61. The number of aliphatic hydroxyl groups is 2. The van der Waals surface area contributed by atoms with E-state index in [-0.39, 0.29) is 65.2 Å². The van der Waals surface area contributed by atoms with Crippen molar-refractivity contribution in [1.82, 2.24) is 71.8 Å². The van der Waals surface area contributed by atoms with Crippen molar-refractivity contribution in [3.63, 3.8) is 0 Å². The van der Waals surface area contributed by atoms with Gasteiger partial charge in [-0.25, -0.2) is 31.6 Å². The fourth-order valence-electron chi connectivity index (χ4n) is 20.4. The van der Waals surface area contributed by atoms with Crippen molar-refractivity contribution in [3.05, 3.63) is 217 Å². The first-order valence-electron chi connectivity index (χ1n) is 51.0. The SMILES string of the molecule is C[N+]1(C)CCCN(c2nn3ccccc3c2N)CC1.Cc1ccc2c(N)c(N3CCC([N+](C)(C)C)C3)nn2c1C.Cc1ccc2c(N)c(N3CCC([N+](C)(C)CCO)C3)nn2c1C.Cc1ccc2c(N)c(N3CC[N+](C)(C)CC3)nn2c1C.Cc1ccc2c(N)c(N3CC[N+](C)(CCO)CC3)nn2c1C.Cc1ccc2c(N)c(NCC[N+](C)(C)C)nn2c1C.Cc1ccc2c(N)c([N+]3(C)CCCC3)nn2c1C.[CH3-].[CH3-].[CH3-].[CH3-].[CH3-].[CH3-].[CH3-]. The van der Waals surface area contributed by atoms with Gasteiger partial charge in [-0.2, -0.15) is 0 Å². The Hall–Kier alpha value is -12.1. The molecule has 20 rings (SSSR count). The normalized spacial score (nSPS) is 17.2. The van der Waals surface area contributed by atoms with E-state index >= 15 is 0 Å². The smallest absolute Gasteiger partial charge is 0.270 e. The van der Waals surface area contributed by atoms with E-state index in [4.69, 9.17) is 65.6 Å². The molecule has 14 aromatic rings. The molecule has 0 spiro atoms. The van der Waals surface area contributed by atoms with Crippen LogP contribution in [-0.4, -0.2) is 372 Å². The number of likely N-dealkylation sites (N-methyl/N-ethyl adjacent to an activating group) is 6. The number of nitrogen functional groups attached to an aromatic ring is 7. The lowest BCUT2D eigenvalue weighted by atomic mass is 10.2. The quantitative estimate of drug-likeness (QED) is 0.0317. The van der Waals surface area contributed by atoms with Gasteiger partial charge in [-0.3, -0.25) is 4.48 Å². The minimum atomic E-state index is 0. The zero-order valence-electron chi connectivity index (χ0n) is 97.5. The molecule has 0 bridgehead atoms. The van der Waals surface area contributed by atoms with E-state index in [2.05, 4.69) is 276 Å². The number of nitrogens with one attached hydrogen (secondary N) is 1. The Bertz CT molecular complexity index is 6780. The summed E-state index contributed by atoms with van der Waals surface area (Å²) in [6.45, 7) is 47.8. The van der Waals surface area contributed by atoms with E-state index in [1.807, 2.05) is 74.2 Å². The minimum Gasteiger partial charge on any atom is -0.394 e. The van der Waals surface area contributed by atoms with Crippen LogP contribution in [0.5, 0.6) is 0 Å². The molecule has 149 heavy (non-hydrogen) atoms. The summed E-state index contributed by atoms with van der Waals surface area (Å²) in [6, 6.07) is 32.1. The number of rotatable bonds is 16. The Kier molecular flexibility index (Phi) is 41.0. The molecule has 20 heterocycles. The first-order valence-corrected chi connectivity index (χ1v) is 51.0. The van der Waals surface area contributed by atoms with E-state index < -0.39 is 0 Å². The van der Waals surface area contributed by atoms with Gasteiger partial charge in [0, 0.05) is 92.1 Å². The number of aliphatic hydroxyl groups excluding tert-OH is 2. The van der Waals surface area contributed by atoms with Gasteiger partial charge in [0.2, 0.25) is 0 Å². The molecule has 0 aliphatic carbocycles. The zero-order valence-corrected chi connectivity index (χ0v) is 97.5. The van der Waals surface area contributed by atoms with Gasteiger partial charge in [-0.15, -0.1) is 35.7 Å². The molecule has 36 nitrogen and oxygen atoms in total. The van der Waals surface area contributed by atoms with Crippen LogP contribution in [0.4, 0.5) is 80.5 Å². The number of pyridine rings is 7. The maximum atomic E-state index is 9.28. The van der Waals surface area contributed by atoms with Crippen molar-refractivity contribution in [1.29, 1.82) is 0 Å². The summed E-state index contributed by atoms with van der Waals surface area (Å²) < 4.78 is 20.3. The summed E-state index contributed by atoms with van der Waals surface area (Å²) in [5.41, 5.74) is 70.9. The number of likely N-dealkylation sites (tertiary alicyclic amines) is 1.